The van der Waals surface area contributed by atoms with Gasteiger partial charge in [0.05, 0.1) is 5.69 Å². The fourth-order valence-electron chi connectivity index (χ4n) is 1.98. The second kappa shape index (κ2) is 3.19. The van der Waals surface area contributed by atoms with E-state index in [9.17, 15) is 4.79 Å². The first-order valence-corrected chi connectivity index (χ1v) is 5.82. The number of carbonyl (C=O) groups excluding carboxylic acids is 1. The summed E-state index contributed by atoms with van der Waals surface area (Å²) in [5.41, 5.74) is 1.95. The highest BCUT2D eigenvalue weighted by molar-refractivity contribution is 5.92. The maximum Gasteiger partial charge on any atom is 0.177 e. The van der Waals surface area contributed by atoms with Gasteiger partial charge in [-0.15, -0.1) is 0 Å². The van der Waals surface area contributed by atoms with Crippen molar-refractivity contribution in [3.05, 3.63) is 17.5 Å². The first kappa shape index (κ1) is 9.13. The summed E-state index contributed by atoms with van der Waals surface area (Å²) in [6.45, 7) is 2.58. The predicted molar refractivity (Wildman–Crippen MR) is 56.9 cm³/mol. The van der Waals surface area contributed by atoms with Gasteiger partial charge in [0.15, 0.2) is 5.78 Å². The molecule has 80 valence electrons. The van der Waals surface area contributed by atoms with Gasteiger partial charge in [0, 0.05) is 19.4 Å². The van der Waals surface area contributed by atoms with Crippen molar-refractivity contribution in [2.24, 2.45) is 5.92 Å². The zero-order chi connectivity index (χ0) is 10.4. The van der Waals surface area contributed by atoms with Gasteiger partial charge in [-0.05, 0) is 37.7 Å². The molecule has 0 amide bonds. The van der Waals surface area contributed by atoms with E-state index in [1.807, 2.05) is 10.7 Å². The smallest absolute Gasteiger partial charge is 0.177 e. The Morgan fingerprint density at radius 1 is 1.47 bits per heavy atom. The van der Waals surface area contributed by atoms with Crippen molar-refractivity contribution in [2.75, 3.05) is 0 Å². The van der Waals surface area contributed by atoms with E-state index in [0.29, 0.717) is 5.92 Å². The third-order valence-corrected chi connectivity index (χ3v) is 3.28. The van der Waals surface area contributed by atoms with E-state index in [-0.39, 0.29) is 5.78 Å². The summed E-state index contributed by atoms with van der Waals surface area (Å²) in [6, 6.07) is 2.00. The van der Waals surface area contributed by atoms with Crippen molar-refractivity contribution in [1.29, 1.82) is 0 Å². The molecule has 1 aromatic heterocycles. The predicted octanol–water partition coefficient (Wildman–Crippen LogP) is 2.37. The summed E-state index contributed by atoms with van der Waals surface area (Å²) in [7, 11) is 0. The Kier molecular flexibility index (Phi) is 1.94. The van der Waals surface area contributed by atoms with Crippen LogP contribution in [0, 0.1) is 5.92 Å². The Labute approximate surface area is 89.5 Å². The summed E-state index contributed by atoms with van der Waals surface area (Å²) in [4.78, 5) is 11.5. The molecular weight excluding hydrogens is 188 g/mol. The van der Waals surface area contributed by atoms with Gasteiger partial charge in [0.1, 0.15) is 5.69 Å². The number of aromatic nitrogens is 2. The minimum absolute atomic E-state index is 0.148. The summed E-state index contributed by atoms with van der Waals surface area (Å²) < 4.78 is 1.94. The summed E-state index contributed by atoms with van der Waals surface area (Å²) >= 11 is 0. The lowest BCUT2D eigenvalue weighted by Gasteiger charge is -2.02. The van der Waals surface area contributed by atoms with E-state index in [0.717, 1.165) is 23.9 Å². The third kappa shape index (κ3) is 1.83. The first-order valence-electron chi connectivity index (χ1n) is 5.82. The second-order valence-electron chi connectivity index (χ2n) is 4.91. The minimum atomic E-state index is 0.148. The molecular formula is C12H16N2O. The highest BCUT2D eigenvalue weighted by Crippen LogP contribution is 2.40. The number of hydrogen-bond donors (Lipinski definition) is 0. The van der Waals surface area contributed by atoms with Gasteiger partial charge < -0.3 is 0 Å². The van der Waals surface area contributed by atoms with Crippen molar-refractivity contribution >= 4 is 5.78 Å². The number of Topliss-reactive ketones (excluding diaryl/α,β-unsaturated/α-hetero) is 1. The quantitative estimate of drug-likeness (QED) is 0.706. The summed E-state index contributed by atoms with van der Waals surface area (Å²) in [5.74, 6) is 1.56. The molecule has 0 spiro atoms. The van der Waals surface area contributed by atoms with Crippen LogP contribution in [-0.2, 0) is 6.54 Å². The van der Waals surface area contributed by atoms with Crippen molar-refractivity contribution in [1.82, 2.24) is 9.78 Å². The number of carbonyl (C=O) groups is 1. The minimum Gasteiger partial charge on any atom is -0.293 e. The maximum atomic E-state index is 11.5. The van der Waals surface area contributed by atoms with Crippen molar-refractivity contribution in [2.45, 2.75) is 45.1 Å². The monoisotopic (exact) mass is 204 g/mol. The van der Waals surface area contributed by atoms with Gasteiger partial charge in [-0.3, -0.25) is 9.48 Å². The van der Waals surface area contributed by atoms with Crippen LogP contribution >= 0.6 is 0 Å². The van der Waals surface area contributed by atoms with E-state index >= 15 is 0 Å². The van der Waals surface area contributed by atoms with Crippen LogP contribution in [0.2, 0.25) is 0 Å². The average Bonchev–Trinajstić information content (AvgIpc) is 3.05. The third-order valence-electron chi connectivity index (χ3n) is 3.28. The fourth-order valence-corrected chi connectivity index (χ4v) is 1.98. The Morgan fingerprint density at radius 2 is 2.20 bits per heavy atom. The van der Waals surface area contributed by atoms with Crippen LogP contribution in [0.4, 0.5) is 0 Å². The van der Waals surface area contributed by atoms with E-state index < -0.39 is 0 Å². The van der Waals surface area contributed by atoms with Crippen LogP contribution < -0.4 is 0 Å². The number of rotatable bonds is 4. The molecule has 0 bridgehead atoms. The molecule has 0 atom stereocenters. The Balaban J connectivity index is 1.89. The van der Waals surface area contributed by atoms with Gasteiger partial charge >= 0.3 is 0 Å². The van der Waals surface area contributed by atoms with Crippen molar-refractivity contribution < 1.29 is 4.79 Å². The number of nitrogens with zero attached hydrogens (tertiary/aromatic N) is 2. The highest BCUT2D eigenvalue weighted by Gasteiger charge is 2.29. The van der Waals surface area contributed by atoms with Gasteiger partial charge in [-0.2, -0.15) is 5.10 Å². The van der Waals surface area contributed by atoms with Crippen LogP contribution in [0.3, 0.4) is 0 Å². The molecule has 3 heteroatoms. The summed E-state index contributed by atoms with van der Waals surface area (Å²) in [5, 5.41) is 4.57. The van der Waals surface area contributed by atoms with E-state index in [4.69, 9.17) is 0 Å². The SMILES string of the molecule is CC(=O)c1cc(C2CC2)nn1CC1CC1. The lowest BCUT2D eigenvalue weighted by molar-refractivity contribution is 0.100. The van der Waals surface area contributed by atoms with E-state index in [2.05, 4.69) is 5.10 Å². The van der Waals surface area contributed by atoms with E-state index in [1.165, 1.54) is 25.7 Å². The standard InChI is InChI=1S/C12H16N2O/c1-8(15)12-6-11(10-4-5-10)13-14(12)7-9-2-3-9/h6,9-10H,2-5,7H2,1H3. The molecule has 3 nitrogen and oxygen atoms in total. The molecule has 0 unspecified atom stereocenters. The van der Waals surface area contributed by atoms with Crippen molar-refractivity contribution in [3.63, 3.8) is 0 Å². The molecule has 2 aliphatic rings. The first-order chi connectivity index (χ1) is 7.24. The lowest BCUT2D eigenvalue weighted by Crippen LogP contribution is -2.09. The molecule has 2 saturated carbocycles. The molecule has 2 aliphatic carbocycles. The molecule has 0 aromatic carbocycles. The number of ketones is 1. The topological polar surface area (TPSA) is 34.9 Å². The van der Waals surface area contributed by atoms with Gasteiger partial charge in [-0.25, -0.2) is 0 Å². The molecule has 0 aliphatic heterocycles. The van der Waals surface area contributed by atoms with Gasteiger partial charge in [0.25, 0.3) is 0 Å². The molecule has 0 saturated heterocycles. The van der Waals surface area contributed by atoms with E-state index in [1.54, 1.807) is 6.92 Å². The molecule has 2 fully saturated rings. The second-order valence-corrected chi connectivity index (χ2v) is 4.91. The Morgan fingerprint density at radius 3 is 2.73 bits per heavy atom. The fraction of sp³-hybridized carbons (Fsp3) is 0.667. The molecule has 3 rings (SSSR count). The zero-order valence-electron chi connectivity index (χ0n) is 9.07. The van der Waals surface area contributed by atoms with Crippen molar-refractivity contribution in [3.8, 4) is 0 Å². The van der Waals surface area contributed by atoms with Crippen LogP contribution in [0.5, 0.6) is 0 Å². The Hall–Kier alpha value is -1.12. The van der Waals surface area contributed by atoms with Gasteiger partial charge in [0.2, 0.25) is 0 Å². The zero-order valence-corrected chi connectivity index (χ0v) is 9.07. The van der Waals surface area contributed by atoms with Crippen LogP contribution in [0.1, 0.15) is 54.7 Å². The largest absolute Gasteiger partial charge is 0.293 e. The van der Waals surface area contributed by atoms with Crippen LogP contribution in [0.15, 0.2) is 6.07 Å². The van der Waals surface area contributed by atoms with Crippen LogP contribution in [-0.4, -0.2) is 15.6 Å². The molecule has 0 radical (unpaired) electrons. The number of hydrogen-bond acceptors (Lipinski definition) is 2. The normalized spacial score (nSPS) is 20.6. The maximum absolute atomic E-state index is 11.5. The summed E-state index contributed by atoms with van der Waals surface area (Å²) in [6.07, 6.45) is 5.10. The molecule has 0 N–H and O–H groups in total. The van der Waals surface area contributed by atoms with Gasteiger partial charge in [-0.1, -0.05) is 0 Å². The highest BCUT2D eigenvalue weighted by atomic mass is 16.1. The lowest BCUT2D eigenvalue weighted by atomic mass is 10.2. The molecule has 1 aromatic rings. The Bertz CT molecular complexity index is 400. The molecule has 15 heavy (non-hydrogen) atoms. The molecule has 1 heterocycles. The average molecular weight is 204 g/mol. The van der Waals surface area contributed by atoms with Crippen LogP contribution in [0.25, 0.3) is 0 Å².